The second-order valence-corrected chi connectivity index (χ2v) is 9.76. The highest BCUT2D eigenvalue weighted by Crippen LogP contribution is 2.55. The van der Waals surface area contributed by atoms with Crippen LogP contribution < -0.4 is 21.1 Å². The topological polar surface area (TPSA) is 256 Å². The Bertz CT molecular complexity index is 1280. The van der Waals surface area contributed by atoms with Crippen molar-refractivity contribution in [1.82, 2.24) is 28.8 Å². The molecule has 17 nitrogen and oxygen atoms in total. The maximum absolute atomic E-state index is 11.9. The molecule has 1 aliphatic heterocycles. The zero-order chi connectivity index (χ0) is 23.3. The number of aromatic nitrogens is 6. The van der Waals surface area contributed by atoms with Gasteiger partial charge in [0.25, 0.3) is 13.4 Å². The molecule has 4 rings (SSSR count). The number of phosphoric ester groups is 1. The van der Waals surface area contributed by atoms with E-state index >= 15 is 0 Å². The number of H-pyrrole nitrogens is 1. The lowest BCUT2D eigenvalue weighted by Crippen LogP contribution is -2.34. The van der Waals surface area contributed by atoms with Gasteiger partial charge < -0.3 is 35.0 Å². The van der Waals surface area contributed by atoms with Crippen molar-refractivity contribution in [3.63, 3.8) is 0 Å². The fraction of sp³-hybridized carbons (Fsp3) is 0.385. The first-order chi connectivity index (χ1) is 15.0. The first-order valence-corrected chi connectivity index (χ1v) is 11.6. The minimum absolute atomic E-state index is 0.0606. The second-order valence-electron chi connectivity index (χ2n) is 6.56. The summed E-state index contributed by atoms with van der Waals surface area (Å²) in [6, 6.07) is 0. The monoisotopic (exact) mass is 491 g/mol. The third kappa shape index (κ3) is 4.25. The molecule has 3 aromatic rings. The zero-order valence-corrected chi connectivity index (χ0v) is 17.5. The van der Waals surface area contributed by atoms with E-state index in [-0.39, 0.29) is 17.1 Å². The molecule has 3 aromatic heterocycles. The van der Waals surface area contributed by atoms with Crippen LogP contribution in [0.1, 0.15) is 6.23 Å². The number of aromatic amines is 1. The average molecular weight is 491 g/mol. The lowest BCUT2D eigenvalue weighted by molar-refractivity contribution is -0.235. The number of nitrogens with zero attached hydrogens (tertiary/aromatic N) is 5. The number of hydrogen-bond donors (Lipinski definition) is 4. The molecule has 2 unspecified atom stereocenters. The van der Waals surface area contributed by atoms with Gasteiger partial charge in [0.2, 0.25) is 13.7 Å². The van der Waals surface area contributed by atoms with E-state index in [2.05, 4.69) is 28.8 Å². The van der Waals surface area contributed by atoms with Crippen LogP contribution in [-0.4, -0.2) is 64.0 Å². The SMILES string of the molecule is Nc1nc2c(ncn2[C@@H]2O[C@H](COP(=O)([O-])OP(=O)([O-])n3ccnc3)[C@@H](O)[C@H]2O)c(=O)[nH]1. The number of rotatable bonds is 7. The molecule has 0 spiro atoms. The van der Waals surface area contributed by atoms with Gasteiger partial charge in [0.05, 0.1) is 12.9 Å². The Morgan fingerprint density at radius 1 is 1.28 bits per heavy atom. The maximum Gasteiger partial charge on any atom is 0.280 e. The predicted molar refractivity (Wildman–Crippen MR) is 98.4 cm³/mol. The molecule has 174 valence electrons. The van der Waals surface area contributed by atoms with Gasteiger partial charge in [-0.2, -0.15) is 4.98 Å². The molecule has 19 heteroatoms. The van der Waals surface area contributed by atoms with E-state index < -0.39 is 52.3 Å². The van der Waals surface area contributed by atoms with E-state index in [1.54, 1.807) is 0 Å². The highest BCUT2D eigenvalue weighted by atomic mass is 31.3. The molecule has 1 aliphatic rings. The minimum atomic E-state index is -5.43. The standard InChI is InChI=1S/C13H17N7O10P2/c14-13-17-10-7(11(23)18-13)16-5-20(10)12-9(22)8(21)6(29-12)3-28-32(26,27)30-31(24,25)19-2-1-15-4-19/h1-2,4-6,8-9,12,21-22H,3H2,(H,24,25)(H,26,27)(H3,14,17,18,23)/p-2/t6-,8-,9-,12-/m1/s1. The average Bonchev–Trinajstić information content (AvgIpc) is 3.41. The summed E-state index contributed by atoms with van der Waals surface area (Å²) in [5.74, 6) is -0.235. The lowest BCUT2D eigenvalue weighted by atomic mass is 10.1. The molecule has 0 radical (unpaired) electrons. The molecule has 0 aromatic carbocycles. The quantitative estimate of drug-likeness (QED) is 0.241. The summed E-state index contributed by atoms with van der Waals surface area (Å²) in [6.45, 7) is -0.901. The van der Waals surface area contributed by atoms with Crippen LogP contribution in [0.3, 0.4) is 0 Å². The van der Waals surface area contributed by atoms with Gasteiger partial charge >= 0.3 is 0 Å². The summed E-state index contributed by atoms with van der Waals surface area (Å²) < 4.78 is 39.5. The molecule has 5 N–H and O–H groups in total. The normalized spacial score (nSPS) is 27.4. The highest BCUT2D eigenvalue weighted by molar-refractivity contribution is 7.61. The Labute approximate surface area is 177 Å². The van der Waals surface area contributed by atoms with Crippen molar-refractivity contribution in [3.8, 4) is 0 Å². The number of aliphatic hydroxyl groups excluding tert-OH is 2. The number of ether oxygens (including phenoxy) is 1. The number of nitrogens with two attached hydrogens (primary N) is 1. The van der Waals surface area contributed by atoms with Gasteiger partial charge in [0, 0.05) is 12.4 Å². The van der Waals surface area contributed by atoms with Gasteiger partial charge in [-0.3, -0.25) is 32.1 Å². The highest BCUT2D eigenvalue weighted by Gasteiger charge is 2.45. The Morgan fingerprint density at radius 3 is 2.72 bits per heavy atom. The van der Waals surface area contributed by atoms with Crippen LogP contribution in [0.4, 0.5) is 5.95 Å². The summed E-state index contributed by atoms with van der Waals surface area (Å²) in [5.41, 5.74) is 4.68. The molecule has 0 aliphatic carbocycles. The van der Waals surface area contributed by atoms with Crippen LogP contribution in [0.25, 0.3) is 11.2 Å². The van der Waals surface area contributed by atoms with E-state index in [9.17, 15) is 33.9 Å². The van der Waals surface area contributed by atoms with Crippen LogP contribution >= 0.6 is 15.6 Å². The molecule has 0 saturated carbocycles. The number of phosphoric acid groups is 1. The molecule has 32 heavy (non-hydrogen) atoms. The van der Waals surface area contributed by atoms with Crippen molar-refractivity contribution in [2.45, 2.75) is 24.5 Å². The number of hydrogen-bond acceptors (Lipinski definition) is 14. The molecular formula is C13H15N7O10P2-2. The van der Waals surface area contributed by atoms with Crippen molar-refractivity contribution >= 4 is 32.7 Å². The van der Waals surface area contributed by atoms with Crippen molar-refractivity contribution < 1.29 is 42.7 Å². The number of nitrogens with one attached hydrogen (secondary N) is 1. The number of fused-ring (bicyclic) bond motifs is 1. The molecule has 1 fully saturated rings. The second kappa shape index (κ2) is 8.15. The van der Waals surface area contributed by atoms with Gasteiger partial charge in [-0.05, 0) is 0 Å². The maximum atomic E-state index is 11.9. The zero-order valence-electron chi connectivity index (χ0n) is 15.7. The van der Waals surface area contributed by atoms with Crippen molar-refractivity contribution in [2.24, 2.45) is 0 Å². The van der Waals surface area contributed by atoms with Gasteiger partial charge in [0.15, 0.2) is 17.4 Å². The summed E-state index contributed by atoms with van der Waals surface area (Å²) in [4.78, 5) is 49.2. The molecule has 0 amide bonds. The molecule has 6 atom stereocenters. The first-order valence-electron chi connectivity index (χ1n) is 8.69. The summed E-state index contributed by atoms with van der Waals surface area (Å²) in [5, 5.41) is 20.6. The van der Waals surface area contributed by atoms with Crippen LogP contribution in [0.15, 0.2) is 29.8 Å². The number of anilines is 1. The van der Waals surface area contributed by atoms with Crippen LogP contribution in [0.2, 0.25) is 0 Å². The Hall–Kier alpha value is -2.46. The molecular weight excluding hydrogens is 476 g/mol. The Morgan fingerprint density at radius 2 is 2.03 bits per heavy atom. The van der Waals surface area contributed by atoms with Crippen LogP contribution in [0.5, 0.6) is 0 Å². The van der Waals surface area contributed by atoms with Crippen LogP contribution in [0, 0.1) is 0 Å². The predicted octanol–water partition coefficient (Wildman–Crippen LogP) is -2.96. The number of nitrogen functional groups attached to an aromatic ring is 1. The van der Waals surface area contributed by atoms with Crippen molar-refractivity contribution in [3.05, 3.63) is 35.4 Å². The largest absolute Gasteiger partial charge is 0.761 e. The fourth-order valence-electron chi connectivity index (χ4n) is 2.98. The van der Waals surface area contributed by atoms with Gasteiger partial charge in [0.1, 0.15) is 24.6 Å². The Balaban J connectivity index is 1.48. The first kappa shape index (κ1) is 22.7. The molecule has 1 saturated heterocycles. The van der Waals surface area contributed by atoms with E-state index in [0.717, 1.165) is 29.6 Å². The van der Waals surface area contributed by atoms with Gasteiger partial charge in [-0.25, -0.2) is 9.97 Å². The third-order valence-electron chi connectivity index (χ3n) is 4.44. The Kier molecular flexibility index (Phi) is 5.79. The smallest absolute Gasteiger partial charge is 0.280 e. The number of aliphatic hydroxyl groups is 2. The minimum Gasteiger partial charge on any atom is -0.761 e. The van der Waals surface area contributed by atoms with Crippen molar-refractivity contribution in [1.29, 1.82) is 0 Å². The summed E-state index contributed by atoms with van der Waals surface area (Å²) in [6.07, 6.45) is -2.12. The fourth-order valence-corrected chi connectivity index (χ4v) is 5.26. The lowest BCUT2D eigenvalue weighted by Gasteiger charge is -2.32. The van der Waals surface area contributed by atoms with E-state index in [1.165, 1.54) is 0 Å². The molecule has 0 bridgehead atoms. The third-order valence-corrected chi connectivity index (χ3v) is 7.33. The molecule has 4 heterocycles. The van der Waals surface area contributed by atoms with Crippen LogP contribution in [-0.2, 0) is 22.7 Å². The van der Waals surface area contributed by atoms with Gasteiger partial charge in [-0.1, -0.05) is 0 Å². The summed E-state index contributed by atoms with van der Waals surface area (Å²) in [7, 11) is -10.5. The summed E-state index contributed by atoms with van der Waals surface area (Å²) >= 11 is 0. The van der Waals surface area contributed by atoms with E-state index in [0.29, 0.717) is 4.34 Å². The number of imidazole rings is 2. The van der Waals surface area contributed by atoms with Crippen molar-refractivity contribution in [2.75, 3.05) is 12.3 Å². The van der Waals surface area contributed by atoms with E-state index in [4.69, 9.17) is 10.5 Å². The van der Waals surface area contributed by atoms with Gasteiger partial charge in [-0.15, -0.1) is 0 Å². The van der Waals surface area contributed by atoms with E-state index in [1.807, 2.05) is 0 Å².